The third-order valence-electron chi connectivity index (χ3n) is 2.97. The highest BCUT2D eigenvalue weighted by molar-refractivity contribution is 5.68. The fraction of sp³-hybridized carbons (Fsp3) is 0.692. The van der Waals surface area contributed by atoms with Gasteiger partial charge in [-0.15, -0.1) is 0 Å². The van der Waals surface area contributed by atoms with Gasteiger partial charge in [-0.2, -0.15) is 0 Å². The quantitative estimate of drug-likeness (QED) is 0.835. The number of piperidine rings is 1. The Morgan fingerprint density at radius 1 is 1.50 bits per heavy atom. The molecule has 0 aromatic carbocycles. The van der Waals surface area contributed by atoms with Gasteiger partial charge < -0.3 is 9.72 Å². The molecule has 0 unspecified atom stereocenters. The maximum Gasteiger partial charge on any atom is 0.410 e. The van der Waals surface area contributed by atoms with Crippen molar-refractivity contribution in [1.29, 1.82) is 0 Å². The summed E-state index contributed by atoms with van der Waals surface area (Å²) < 4.78 is 5.45. The van der Waals surface area contributed by atoms with Crippen LogP contribution in [0.2, 0.25) is 0 Å². The first kappa shape index (κ1) is 12.9. The summed E-state index contributed by atoms with van der Waals surface area (Å²) >= 11 is 0. The number of hydrogen-bond acceptors (Lipinski definition) is 3. The van der Waals surface area contributed by atoms with Crippen molar-refractivity contribution in [2.24, 2.45) is 0 Å². The van der Waals surface area contributed by atoms with E-state index in [0.29, 0.717) is 0 Å². The summed E-state index contributed by atoms with van der Waals surface area (Å²) in [4.78, 5) is 21.3. The van der Waals surface area contributed by atoms with E-state index in [1.807, 2.05) is 20.8 Å². The van der Waals surface area contributed by atoms with Crippen LogP contribution in [0.15, 0.2) is 12.4 Å². The van der Waals surface area contributed by atoms with Crippen LogP contribution in [0.4, 0.5) is 4.79 Å². The van der Waals surface area contributed by atoms with Crippen LogP contribution in [0.5, 0.6) is 0 Å². The van der Waals surface area contributed by atoms with Crippen LogP contribution in [0.3, 0.4) is 0 Å². The zero-order chi connectivity index (χ0) is 13.2. The molecule has 100 valence electrons. The number of carbonyl (C=O) groups is 1. The molecule has 1 aliphatic rings. The van der Waals surface area contributed by atoms with Gasteiger partial charge in [-0.25, -0.2) is 9.78 Å². The van der Waals surface area contributed by atoms with Gasteiger partial charge in [0.1, 0.15) is 11.4 Å². The first-order chi connectivity index (χ1) is 8.47. The van der Waals surface area contributed by atoms with Crippen molar-refractivity contribution < 1.29 is 9.53 Å². The Kier molecular flexibility index (Phi) is 3.59. The summed E-state index contributed by atoms with van der Waals surface area (Å²) in [6.07, 6.45) is 6.34. The van der Waals surface area contributed by atoms with Crippen molar-refractivity contribution in [3.63, 3.8) is 0 Å². The van der Waals surface area contributed by atoms with E-state index < -0.39 is 5.60 Å². The molecular formula is C13H21N3O2. The number of rotatable bonds is 1. The highest BCUT2D eigenvalue weighted by Gasteiger charge is 2.32. The van der Waals surface area contributed by atoms with E-state index in [4.69, 9.17) is 4.74 Å². The Balaban J connectivity index is 2.11. The lowest BCUT2D eigenvalue weighted by Crippen LogP contribution is -2.42. The maximum absolute atomic E-state index is 12.2. The van der Waals surface area contributed by atoms with Crippen LogP contribution in [0.1, 0.15) is 51.9 Å². The normalized spacial score (nSPS) is 20.8. The molecule has 18 heavy (non-hydrogen) atoms. The van der Waals surface area contributed by atoms with Crippen molar-refractivity contribution in [2.75, 3.05) is 6.54 Å². The minimum Gasteiger partial charge on any atom is -0.444 e. The van der Waals surface area contributed by atoms with E-state index in [0.717, 1.165) is 31.6 Å². The number of carbonyl (C=O) groups excluding carboxylic acids is 1. The molecule has 1 N–H and O–H groups in total. The fourth-order valence-corrected chi connectivity index (χ4v) is 2.21. The third kappa shape index (κ3) is 3.03. The predicted octanol–water partition coefficient (Wildman–Crippen LogP) is 2.87. The van der Waals surface area contributed by atoms with Crippen LogP contribution in [-0.4, -0.2) is 33.1 Å². The molecule has 1 aliphatic heterocycles. The van der Waals surface area contributed by atoms with Crippen LogP contribution in [0, 0.1) is 0 Å². The standard InChI is InChI=1S/C13H21N3O2/c1-13(2,3)18-12(17)16-9-5-4-6-10(16)11-14-7-8-15-11/h7-8,10H,4-6,9H2,1-3H3,(H,14,15)/t10-/m1/s1. The summed E-state index contributed by atoms with van der Waals surface area (Å²) in [5, 5.41) is 0. The fourth-order valence-electron chi connectivity index (χ4n) is 2.21. The van der Waals surface area contributed by atoms with Gasteiger partial charge >= 0.3 is 6.09 Å². The van der Waals surface area contributed by atoms with Crippen molar-refractivity contribution in [1.82, 2.24) is 14.9 Å². The van der Waals surface area contributed by atoms with Crippen LogP contribution in [0.25, 0.3) is 0 Å². The van der Waals surface area contributed by atoms with Crippen molar-refractivity contribution in [3.8, 4) is 0 Å². The van der Waals surface area contributed by atoms with Gasteiger partial charge in [-0.1, -0.05) is 0 Å². The van der Waals surface area contributed by atoms with Gasteiger partial charge in [-0.05, 0) is 40.0 Å². The topological polar surface area (TPSA) is 58.2 Å². The molecule has 0 saturated carbocycles. The number of hydrogen-bond donors (Lipinski definition) is 1. The number of amides is 1. The van der Waals surface area contributed by atoms with Gasteiger partial charge in [0, 0.05) is 18.9 Å². The minimum atomic E-state index is -0.456. The number of aromatic nitrogens is 2. The lowest BCUT2D eigenvalue weighted by Gasteiger charge is -2.35. The molecule has 1 aromatic rings. The lowest BCUT2D eigenvalue weighted by atomic mass is 10.0. The molecule has 1 saturated heterocycles. The average Bonchev–Trinajstić information content (AvgIpc) is 2.80. The van der Waals surface area contributed by atoms with Crippen molar-refractivity contribution in [3.05, 3.63) is 18.2 Å². The average molecular weight is 251 g/mol. The maximum atomic E-state index is 12.2. The van der Waals surface area contributed by atoms with Gasteiger partial charge in [0.05, 0.1) is 6.04 Å². The second-order valence-electron chi connectivity index (χ2n) is 5.66. The molecule has 5 nitrogen and oxygen atoms in total. The Morgan fingerprint density at radius 3 is 2.89 bits per heavy atom. The van der Waals surface area contributed by atoms with E-state index in [-0.39, 0.29) is 12.1 Å². The Bertz CT molecular complexity index is 395. The molecular weight excluding hydrogens is 230 g/mol. The molecule has 0 radical (unpaired) electrons. The third-order valence-corrected chi connectivity index (χ3v) is 2.97. The summed E-state index contributed by atoms with van der Waals surface area (Å²) in [5.74, 6) is 0.848. The molecule has 1 aromatic heterocycles. The van der Waals surface area contributed by atoms with Crippen LogP contribution >= 0.6 is 0 Å². The predicted molar refractivity (Wildman–Crippen MR) is 68.1 cm³/mol. The summed E-state index contributed by atoms with van der Waals surface area (Å²) in [5.41, 5.74) is -0.456. The van der Waals surface area contributed by atoms with Crippen LogP contribution < -0.4 is 0 Å². The Hall–Kier alpha value is -1.52. The second kappa shape index (κ2) is 5.00. The molecule has 5 heteroatoms. The van der Waals surface area contributed by atoms with Gasteiger partial charge in [0.15, 0.2) is 0 Å². The smallest absolute Gasteiger partial charge is 0.410 e. The Labute approximate surface area is 108 Å². The van der Waals surface area contributed by atoms with Gasteiger partial charge in [0.2, 0.25) is 0 Å². The number of nitrogens with one attached hydrogen (secondary N) is 1. The molecule has 1 fully saturated rings. The highest BCUT2D eigenvalue weighted by atomic mass is 16.6. The molecule has 1 amide bonds. The van der Waals surface area contributed by atoms with Crippen LogP contribution in [-0.2, 0) is 4.74 Å². The SMILES string of the molecule is CC(C)(C)OC(=O)N1CCCC[C@@H]1c1ncc[nH]1. The van der Waals surface area contributed by atoms with Crippen molar-refractivity contribution in [2.45, 2.75) is 51.7 Å². The molecule has 2 heterocycles. The number of ether oxygens (including phenoxy) is 1. The van der Waals surface area contributed by atoms with E-state index in [2.05, 4.69) is 9.97 Å². The second-order valence-corrected chi connectivity index (χ2v) is 5.66. The van der Waals surface area contributed by atoms with Crippen molar-refractivity contribution >= 4 is 6.09 Å². The van der Waals surface area contributed by atoms with Gasteiger partial charge in [0.25, 0.3) is 0 Å². The van der Waals surface area contributed by atoms with E-state index in [1.54, 1.807) is 17.3 Å². The monoisotopic (exact) mass is 251 g/mol. The minimum absolute atomic E-state index is 0.0172. The molecule has 0 bridgehead atoms. The molecule has 1 atom stereocenters. The van der Waals surface area contributed by atoms with Gasteiger partial charge in [-0.3, -0.25) is 4.90 Å². The zero-order valence-electron chi connectivity index (χ0n) is 11.3. The highest BCUT2D eigenvalue weighted by Crippen LogP contribution is 2.30. The molecule has 0 aliphatic carbocycles. The van der Waals surface area contributed by atoms with E-state index in [9.17, 15) is 4.79 Å². The summed E-state index contributed by atoms with van der Waals surface area (Å²) in [6.45, 7) is 6.39. The number of H-pyrrole nitrogens is 1. The first-order valence-electron chi connectivity index (χ1n) is 6.46. The molecule has 0 spiro atoms. The number of imidazole rings is 1. The number of likely N-dealkylation sites (tertiary alicyclic amines) is 1. The lowest BCUT2D eigenvalue weighted by molar-refractivity contribution is 0.00854. The summed E-state index contributed by atoms with van der Waals surface area (Å²) in [7, 11) is 0. The largest absolute Gasteiger partial charge is 0.444 e. The zero-order valence-corrected chi connectivity index (χ0v) is 11.3. The van der Waals surface area contributed by atoms with E-state index >= 15 is 0 Å². The number of aromatic amines is 1. The first-order valence-corrected chi connectivity index (χ1v) is 6.46. The molecule has 2 rings (SSSR count). The Morgan fingerprint density at radius 2 is 2.28 bits per heavy atom. The van der Waals surface area contributed by atoms with E-state index in [1.165, 1.54) is 0 Å². The number of nitrogens with zero attached hydrogens (tertiary/aromatic N) is 2. The summed E-state index contributed by atoms with van der Waals surface area (Å²) in [6, 6.07) is 0.0172.